The standard InChI is InChI=1S/C14H14O/c1-3-4-5-11-6-7-12-8-9-13(15)14(12)10(11)2/h3-7H,2,8-9H2,1H3/b4-3-,11-5-. The van der Waals surface area contributed by atoms with Crippen LogP contribution in [0.25, 0.3) is 12.7 Å². The quantitative estimate of drug-likeness (QED) is 0.669. The van der Waals surface area contributed by atoms with Gasteiger partial charge in [0, 0.05) is 12.0 Å². The highest BCUT2D eigenvalue weighted by Gasteiger charge is 2.19. The van der Waals surface area contributed by atoms with Gasteiger partial charge in [-0.15, -0.1) is 0 Å². The predicted octanol–water partition coefficient (Wildman–Crippen LogP) is 1.58. The number of Topliss-reactive ketones (excluding diaryl/α,β-unsaturated/α-hetero) is 1. The minimum absolute atomic E-state index is 0.241. The summed E-state index contributed by atoms with van der Waals surface area (Å²) in [6.45, 7) is 5.98. The minimum atomic E-state index is 0.241. The summed E-state index contributed by atoms with van der Waals surface area (Å²) in [4.78, 5) is 11.6. The molecule has 0 unspecified atom stereocenters. The number of rotatable bonds is 1. The van der Waals surface area contributed by atoms with Crippen LogP contribution in [0, 0.1) is 0 Å². The summed E-state index contributed by atoms with van der Waals surface area (Å²) in [5, 5.41) is 1.93. The van der Waals surface area contributed by atoms with E-state index in [1.807, 2.05) is 37.3 Å². The third kappa shape index (κ3) is 1.65. The maximum absolute atomic E-state index is 11.6. The zero-order chi connectivity index (χ0) is 10.8. The molecule has 0 amide bonds. The van der Waals surface area contributed by atoms with E-state index in [1.54, 1.807) is 0 Å². The molecule has 0 atom stereocenters. The second-order valence-corrected chi connectivity index (χ2v) is 3.78. The topological polar surface area (TPSA) is 17.1 Å². The van der Waals surface area contributed by atoms with E-state index in [0.717, 1.165) is 28.0 Å². The molecule has 76 valence electrons. The Labute approximate surface area is 89.4 Å². The molecule has 0 aliphatic heterocycles. The van der Waals surface area contributed by atoms with Crippen molar-refractivity contribution in [2.24, 2.45) is 0 Å². The predicted molar refractivity (Wildman–Crippen MR) is 63.1 cm³/mol. The molecule has 0 aromatic heterocycles. The van der Waals surface area contributed by atoms with Gasteiger partial charge < -0.3 is 0 Å². The van der Waals surface area contributed by atoms with Crippen LogP contribution in [0.15, 0.2) is 24.3 Å². The van der Waals surface area contributed by atoms with Gasteiger partial charge in [-0.25, -0.2) is 0 Å². The Morgan fingerprint density at radius 1 is 1.33 bits per heavy atom. The highest BCUT2D eigenvalue weighted by Crippen LogP contribution is 2.16. The summed E-state index contributed by atoms with van der Waals surface area (Å²) >= 11 is 0. The Hall–Kier alpha value is -1.63. The van der Waals surface area contributed by atoms with Crippen LogP contribution in [-0.2, 0) is 6.42 Å². The van der Waals surface area contributed by atoms with Gasteiger partial charge >= 0.3 is 0 Å². The summed E-state index contributed by atoms with van der Waals surface area (Å²) in [6, 6.07) is 4.09. The molecule has 0 radical (unpaired) electrons. The molecule has 0 fully saturated rings. The molecule has 1 aromatic rings. The summed E-state index contributed by atoms with van der Waals surface area (Å²) in [6.07, 6.45) is 7.45. The Morgan fingerprint density at radius 3 is 2.87 bits per heavy atom. The largest absolute Gasteiger partial charge is 0.294 e. The first-order valence-electron chi connectivity index (χ1n) is 5.21. The van der Waals surface area contributed by atoms with Crippen molar-refractivity contribution in [1.82, 2.24) is 0 Å². The van der Waals surface area contributed by atoms with E-state index < -0.39 is 0 Å². The maximum Gasteiger partial charge on any atom is 0.164 e. The molecule has 1 aliphatic rings. The van der Waals surface area contributed by atoms with Crippen molar-refractivity contribution in [3.8, 4) is 0 Å². The number of carbonyl (C=O) groups is 1. The minimum Gasteiger partial charge on any atom is -0.294 e. The van der Waals surface area contributed by atoms with E-state index in [4.69, 9.17) is 0 Å². The Bertz CT molecular complexity index is 535. The van der Waals surface area contributed by atoms with Crippen molar-refractivity contribution >= 4 is 18.4 Å². The van der Waals surface area contributed by atoms with E-state index in [0.29, 0.717) is 6.42 Å². The third-order valence-corrected chi connectivity index (χ3v) is 2.80. The van der Waals surface area contributed by atoms with Crippen molar-refractivity contribution in [2.75, 3.05) is 0 Å². The Kier molecular flexibility index (Phi) is 2.55. The number of aryl methyl sites for hydroxylation is 1. The molecule has 1 nitrogen and oxygen atoms in total. The van der Waals surface area contributed by atoms with Crippen LogP contribution in [0.2, 0.25) is 0 Å². The number of fused-ring (bicyclic) bond motifs is 1. The third-order valence-electron chi connectivity index (χ3n) is 2.80. The lowest BCUT2D eigenvalue weighted by atomic mass is 10.1. The summed E-state index contributed by atoms with van der Waals surface area (Å²) in [5.41, 5.74) is 2.01. The number of hydrogen-bond donors (Lipinski definition) is 0. The molecule has 0 bridgehead atoms. The zero-order valence-electron chi connectivity index (χ0n) is 8.92. The maximum atomic E-state index is 11.6. The van der Waals surface area contributed by atoms with Crippen molar-refractivity contribution < 1.29 is 4.79 Å². The van der Waals surface area contributed by atoms with Crippen LogP contribution in [0.1, 0.15) is 29.3 Å². The van der Waals surface area contributed by atoms with Crippen LogP contribution in [0.3, 0.4) is 0 Å². The fourth-order valence-electron chi connectivity index (χ4n) is 2.00. The first-order chi connectivity index (χ1) is 7.24. The van der Waals surface area contributed by atoms with Crippen molar-refractivity contribution in [1.29, 1.82) is 0 Å². The molecule has 2 rings (SSSR count). The fraction of sp³-hybridized carbons (Fsp3) is 0.214. The summed E-state index contributed by atoms with van der Waals surface area (Å²) in [7, 11) is 0. The van der Waals surface area contributed by atoms with Gasteiger partial charge in [-0.3, -0.25) is 4.79 Å². The van der Waals surface area contributed by atoms with E-state index in [-0.39, 0.29) is 5.78 Å². The summed E-state index contributed by atoms with van der Waals surface area (Å²) < 4.78 is 0. The molecule has 1 aromatic carbocycles. The van der Waals surface area contributed by atoms with Crippen LogP contribution in [0.5, 0.6) is 0 Å². The van der Waals surface area contributed by atoms with Gasteiger partial charge in [0.15, 0.2) is 5.78 Å². The van der Waals surface area contributed by atoms with Crippen molar-refractivity contribution in [3.63, 3.8) is 0 Å². The Balaban J connectivity index is 2.70. The van der Waals surface area contributed by atoms with E-state index in [1.165, 1.54) is 0 Å². The van der Waals surface area contributed by atoms with Crippen molar-refractivity contribution in [2.45, 2.75) is 19.8 Å². The Morgan fingerprint density at radius 2 is 2.13 bits per heavy atom. The molecule has 0 heterocycles. The molecule has 15 heavy (non-hydrogen) atoms. The normalized spacial score (nSPS) is 16.3. The van der Waals surface area contributed by atoms with E-state index >= 15 is 0 Å². The van der Waals surface area contributed by atoms with Crippen LogP contribution < -0.4 is 10.4 Å². The lowest BCUT2D eigenvalue weighted by Gasteiger charge is -1.98. The highest BCUT2D eigenvalue weighted by atomic mass is 16.1. The molecule has 1 aliphatic carbocycles. The molecule has 1 heteroatoms. The molecule has 0 N–H and O–H groups in total. The highest BCUT2D eigenvalue weighted by molar-refractivity contribution is 6.00. The van der Waals surface area contributed by atoms with E-state index in [2.05, 4.69) is 6.58 Å². The summed E-state index contributed by atoms with van der Waals surface area (Å²) in [5.74, 6) is 0.241. The second-order valence-electron chi connectivity index (χ2n) is 3.78. The first-order valence-corrected chi connectivity index (χ1v) is 5.21. The number of benzene rings is 1. The smallest absolute Gasteiger partial charge is 0.164 e. The van der Waals surface area contributed by atoms with Gasteiger partial charge in [-0.05, 0) is 29.3 Å². The first kappa shape index (κ1) is 9.91. The molecule has 0 spiro atoms. The zero-order valence-corrected chi connectivity index (χ0v) is 8.92. The van der Waals surface area contributed by atoms with Gasteiger partial charge in [0.1, 0.15) is 0 Å². The molecular weight excluding hydrogens is 184 g/mol. The average molecular weight is 198 g/mol. The number of ketones is 1. The van der Waals surface area contributed by atoms with Gasteiger partial charge in [0.2, 0.25) is 0 Å². The second kappa shape index (κ2) is 3.85. The molecule has 0 saturated heterocycles. The fourth-order valence-corrected chi connectivity index (χ4v) is 2.00. The number of hydrogen-bond acceptors (Lipinski definition) is 1. The lowest BCUT2D eigenvalue weighted by molar-refractivity contribution is 0.0994. The number of allylic oxidation sites excluding steroid dienone is 2. The van der Waals surface area contributed by atoms with Gasteiger partial charge in [0.25, 0.3) is 0 Å². The van der Waals surface area contributed by atoms with Crippen molar-refractivity contribution in [3.05, 3.63) is 45.8 Å². The van der Waals surface area contributed by atoms with Crippen LogP contribution in [-0.4, -0.2) is 5.78 Å². The lowest BCUT2D eigenvalue weighted by Crippen LogP contribution is -2.28. The van der Waals surface area contributed by atoms with Gasteiger partial charge in [0.05, 0.1) is 0 Å². The van der Waals surface area contributed by atoms with Gasteiger partial charge in [-0.2, -0.15) is 0 Å². The van der Waals surface area contributed by atoms with Gasteiger partial charge in [-0.1, -0.05) is 36.9 Å². The van der Waals surface area contributed by atoms with Crippen LogP contribution >= 0.6 is 0 Å². The molecular formula is C14H14O. The monoisotopic (exact) mass is 198 g/mol. The average Bonchev–Trinajstić information content (AvgIpc) is 2.60. The molecule has 0 saturated carbocycles. The SMILES string of the molecule is C=c1c2c(cc/c1=C/C=C\C)CCC2=O. The van der Waals surface area contributed by atoms with Crippen LogP contribution in [0.4, 0.5) is 0 Å². The number of carbonyl (C=O) groups excluding carboxylic acids is 1. The van der Waals surface area contributed by atoms with E-state index in [9.17, 15) is 4.79 Å².